The summed E-state index contributed by atoms with van der Waals surface area (Å²) >= 11 is 0. The summed E-state index contributed by atoms with van der Waals surface area (Å²) in [6.07, 6.45) is 5.29. The summed E-state index contributed by atoms with van der Waals surface area (Å²) < 4.78 is 28.6. The number of rotatable bonds is 1. The standard InChI is InChI=1S/C18H16N2O2S/c1-23(21,22)20-17-11-5-2-7-14(17)9-6-12-19-16-10-4-3-8-15(16)13-18(19)20/h2-11,13H,12H2,1H3/b9-6-. The number of fused-ring (bicyclic) bond motifs is 4. The van der Waals surface area contributed by atoms with Gasteiger partial charge in [0.15, 0.2) is 0 Å². The predicted molar refractivity (Wildman–Crippen MR) is 94.4 cm³/mol. The van der Waals surface area contributed by atoms with Crippen LogP contribution in [-0.2, 0) is 16.6 Å². The van der Waals surface area contributed by atoms with E-state index in [-0.39, 0.29) is 0 Å². The Bertz CT molecular complexity index is 1030. The molecule has 0 bridgehead atoms. The highest BCUT2D eigenvalue weighted by Gasteiger charge is 2.26. The van der Waals surface area contributed by atoms with Crippen molar-refractivity contribution in [3.8, 4) is 0 Å². The smallest absolute Gasteiger partial charge is 0.237 e. The molecule has 116 valence electrons. The molecular formula is C18H16N2O2S. The lowest BCUT2D eigenvalue weighted by molar-refractivity contribution is 0.601. The highest BCUT2D eigenvalue weighted by Crippen LogP contribution is 2.37. The molecule has 2 aromatic carbocycles. The first-order chi connectivity index (χ1) is 11.1. The van der Waals surface area contributed by atoms with E-state index < -0.39 is 10.0 Å². The van der Waals surface area contributed by atoms with Crippen LogP contribution in [0.2, 0.25) is 0 Å². The van der Waals surface area contributed by atoms with Gasteiger partial charge in [0.05, 0.1) is 17.5 Å². The molecule has 0 unspecified atom stereocenters. The lowest BCUT2D eigenvalue weighted by Crippen LogP contribution is -2.28. The van der Waals surface area contributed by atoms with Crippen molar-refractivity contribution in [2.75, 3.05) is 10.6 Å². The zero-order chi connectivity index (χ0) is 16.0. The first kappa shape index (κ1) is 14.1. The Kier molecular flexibility index (Phi) is 3.06. The minimum absolute atomic E-state index is 0.628. The van der Waals surface area contributed by atoms with Crippen LogP contribution in [0.1, 0.15) is 5.56 Å². The SMILES string of the molecule is CS(=O)(=O)N1c2ccccc2/C=C\Cn2c1cc1ccccc12. The summed E-state index contributed by atoms with van der Waals surface area (Å²) in [6, 6.07) is 17.4. The monoisotopic (exact) mass is 324 g/mol. The Morgan fingerprint density at radius 3 is 2.57 bits per heavy atom. The molecule has 23 heavy (non-hydrogen) atoms. The molecule has 0 saturated carbocycles. The van der Waals surface area contributed by atoms with Gasteiger partial charge < -0.3 is 4.57 Å². The van der Waals surface area contributed by atoms with Gasteiger partial charge in [-0.15, -0.1) is 0 Å². The van der Waals surface area contributed by atoms with E-state index in [0.717, 1.165) is 16.5 Å². The van der Waals surface area contributed by atoms with Crippen LogP contribution < -0.4 is 4.31 Å². The molecule has 0 radical (unpaired) electrons. The fraction of sp³-hybridized carbons (Fsp3) is 0.111. The number of hydrogen-bond donors (Lipinski definition) is 0. The van der Waals surface area contributed by atoms with Crippen molar-refractivity contribution >= 4 is 38.5 Å². The van der Waals surface area contributed by atoms with E-state index >= 15 is 0 Å². The van der Waals surface area contributed by atoms with Crippen molar-refractivity contribution in [2.45, 2.75) is 6.54 Å². The Balaban J connectivity index is 2.10. The van der Waals surface area contributed by atoms with E-state index in [9.17, 15) is 8.42 Å². The second kappa shape index (κ2) is 4.99. The fourth-order valence-corrected chi connectivity index (χ4v) is 4.14. The second-order valence-electron chi connectivity index (χ2n) is 5.66. The molecule has 3 aromatic rings. The van der Waals surface area contributed by atoms with Gasteiger partial charge in [-0.3, -0.25) is 0 Å². The molecule has 0 fully saturated rings. The average molecular weight is 324 g/mol. The molecule has 4 nitrogen and oxygen atoms in total. The van der Waals surface area contributed by atoms with E-state index in [1.807, 2.05) is 65.2 Å². The summed E-state index contributed by atoms with van der Waals surface area (Å²) in [7, 11) is -3.46. The molecule has 2 heterocycles. The van der Waals surface area contributed by atoms with Gasteiger partial charge in [-0.25, -0.2) is 12.7 Å². The Morgan fingerprint density at radius 1 is 1.00 bits per heavy atom. The lowest BCUT2D eigenvalue weighted by Gasteiger charge is -2.26. The molecule has 0 aliphatic carbocycles. The molecule has 0 atom stereocenters. The van der Waals surface area contributed by atoms with Crippen LogP contribution >= 0.6 is 0 Å². The third-order valence-electron chi connectivity index (χ3n) is 4.07. The van der Waals surface area contributed by atoms with Crippen LogP contribution in [-0.4, -0.2) is 19.2 Å². The summed E-state index contributed by atoms with van der Waals surface area (Å²) in [5.74, 6) is 0.672. The number of nitrogens with zero attached hydrogens (tertiary/aromatic N) is 2. The normalized spacial score (nSPS) is 15.6. The maximum atomic E-state index is 12.5. The van der Waals surface area contributed by atoms with Crippen LogP contribution in [0.25, 0.3) is 17.0 Å². The van der Waals surface area contributed by atoms with Crippen molar-refractivity contribution < 1.29 is 8.42 Å². The number of anilines is 2. The van der Waals surface area contributed by atoms with Gasteiger partial charge in [0.1, 0.15) is 5.82 Å². The van der Waals surface area contributed by atoms with Crippen LogP contribution in [0.4, 0.5) is 11.5 Å². The van der Waals surface area contributed by atoms with E-state index in [1.54, 1.807) is 0 Å². The van der Waals surface area contributed by atoms with Gasteiger partial charge in [-0.2, -0.15) is 0 Å². The van der Waals surface area contributed by atoms with Crippen LogP contribution in [0.5, 0.6) is 0 Å². The molecular weight excluding hydrogens is 308 g/mol. The molecule has 0 N–H and O–H groups in total. The average Bonchev–Trinajstić information content (AvgIpc) is 2.83. The molecule has 5 heteroatoms. The van der Waals surface area contributed by atoms with Crippen molar-refractivity contribution in [3.63, 3.8) is 0 Å². The van der Waals surface area contributed by atoms with Gasteiger partial charge in [0, 0.05) is 11.9 Å². The highest BCUT2D eigenvalue weighted by atomic mass is 32.2. The van der Waals surface area contributed by atoms with E-state index in [2.05, 4.69) is 6.08 Å². The summed E-state index contributed by atoms with van der Waals surface area (Å²) in [6.45, 7) is 0.628. The van der Waals surface area contributed by atoms with Gasteiger partial charge in [-0.05, 0) is 23.8 Å². The second-order valence-corrected chi connectivity index (χ2v) is 7.49. The van der Waals surface area contributed by atoms with Gasteiger partial charge in [0.25, 0.3) is 0 Å². The van der Waals surface area contributed by atoms with E-state index in [0.29, 0.717) is 18.1 Å². The molecule has 0 saturated heterocycles. The van der Waals surface area contributed by atoms with Crippen LogP contribution in [0, 0.1) is 0 Å². The van der Waals surface area contributed by atoms with Crippen molar-refractivity contribution in [3.05, 3.63) is 66.2 Å². The highest BCUT2D eigenvalue weighted by molar-refractivity contribution is 7.92. The van der Waals surface area contributed by atoms with Gasteiger partial charge >= 0.3 is 0 Å². The molecule has 1 aliphatic rings. The lowest BCUT2D eigenvalue weighted by atomic mass is 10.1. The zero-order valence-corrected chi connectivity index (χ0v) is 13.5. The quantitative estimate of drug-likeness (QED) is 0.684. The molecule has 0 spiro atoms. The van der Waals surface area contributed by atoms with Gasteiger partial charge in [0.2, 0.25) is 10.0 Å². The molecule has 0 amide bonds. The molecule has 4 rings (SSSR count). The Hall–Kier alpha value is -2.53. The van der Waals surface area contributed by atoms with Crippen LogP contribution in [0.15, 0.2) is 60.7 Å². The first-order valence-electron chi connectivity index (χ1n) is 7.40. The largest absolute Gasteiger partial charge is 0.323 e. The number of para-hydroxylation sites is 2. The van der Waals surface area contributed by atoms with Crippen molar-refractivity contribution in [1.82, 2.24) is 4.57 Å². The summed E-state index contributed by atoms with van der Waals surface area (Å²) in [4.78, 5) is 0. The molecule has 1 aliphatic heterocycles. The van der Waals surface area contributed by atoms with Crippen molar-refractivity contribution in [1.29, 1.82) is 0 Å². The number of hydrogen-bond acceptors (Lipinski definition) is 2. The zero-order valence-electron chi connectivity index (χ0n) is 12.7. The topological polar surface area (TPSA) is 42.3 Å². The number of allylic oxidation sites excluding steroid dienone is 1. The fourth-order valence-electron chi connectivity index (χ4n) is 3.13. The third-order valence-corrected chi connectivity index (χ3v) is 5.12. The van der Waals surface area contributed by atoms with E-state index in [4.69, 9.17) is 0 Å². The van der Waals surface area contributed by atoms with E-state index in [1.165, 1.54) is 10.6 Å². The maximum absolute atomic E-state index is 12.5. The first-order valence-corrected chi connectivity index (χ1v) is 9.25. The number of benzene rings is 2. The summed E-state index contributed by atoms with van der Waals surface area (Å²) in [5.41, 5.74) is 2.60. The molecule has 1 aromatic heterocycles. The minimum atomic E-state index is -3.46. The van der Waals surface area contributed by atoms with Crippen LogP contribution in [0.3, 0.4) is 0 Å². The third kappa shape index (κ3) is 2.24. The Labute approximate surface area is 135 Å². The van der Waals surface area contributed by atoms with Gasteiger partial charge in [-0.1, -0.05) is 48.6 Å². The number of aromatic nitrogens is 1. The Morgan fingerprint density at radius 2 is 1.74 bits per heavy atom. The predicted octanol–water partition coefficient (Wildman–Crippen LogP) is 3.77. The maximum Gasteiger partial charge on any atom is 0.237 e. The number of sulfonamides is 1. The van der Waals surface area contributed by atoms with Crippen molar-refractivity contribution in [2.24, 2.45) is 0 Å². The summed E-state index contributed by atoms with van der Waals surface area (Å²) in [5, 5.41) is 1.03. The minimum Gasteiger partial charge on any atom is -0.323 e.